The van der Waals surface area contributed by atoms with Gasteiger partial charge in [0.05, 0.1) is 35.4 Å². The molecule has 47 heavy (non-hydrogen) atoms. The number of aromatic nitrogens is 1. The first-order chi connectivity index (χ1) is 22.4. The number of rotatable bonds is 3. The van der Waals surface area contributed by atoms with Crippen LogP contribution in [0.2, 0.25) is 5.02 Å². The molecule has 13 heteroatoms. The Hall–Kier alpha value is -4.12. The van der Waals surface area contributed by atoms with Crippen LogP contribution >= 0.6 is 11.6 Å². The molecule has 4 aliphatic heterocycles. The molecule has 7 rings (SSSR count). The van der Waals surface area contributed by atoms with Crippen LogP contribution in [0.25, 0.3) is 22.0 Å². The summed E-state index contributed by atoms with van der Waals surface area (Å²) in [4.78, 5) is 38.5. The van der Waals surface area contributed by atoms with Crippen LogP contribution in [-0.2, 0) is 9.53 Å². The highest BCUT2D eigenvalue weighted by Crippen LogP contribution is 2.53. The Morgan fingerprint density at radius 2 is 1.89 bits per heavy atom. The predicted octanol–water partition coefficient (Wildman–Crippen LogP) is 5.75. The average molecular weight is 668 g/mol. The summed E-state index contributed by atoms with van der Waals surface area (Å²) in [6, 6.07) is 4.20. The quantitative estimate of drug-likeness (QED) is 0.351. The summed E-state index contributed by atoms with van der Waals surface area (Å²) >= 11 is 6.71. The zero-order chi connectivity index (χ0) is 33.4. The minimum atomic E-state index is -0.919. The summed E-state index contributed by atoms with van der Waals surface area (Å²) in [5.41, 5.74) is -0.202. The van der Waals surface area contributed by atoms with Crippen molar-refractivity contribution < 1.29 is 33.0 Å². The molecule has 2 aromatic carbocycles. The van der Waals surface area contributed by atoms with Crippen LogP contribution in [0.1, 0.15) is 40.5 Å². The summed E-state index contributed by atoms with van der Waals surface area (Å²) in [7, 11) is 0. The monoisotopic (exact) mass is 667 g/mol. The average Bonchev–Trinajstić information content (AvgIpc) is 3.51. The molecule has 0 aliphatic carbocycles. The summed E-state index contributed by atoms with van der Waals surface area (Å²) in [6.07, 6.45) is 1.24. The number of benzene rings is 2. The Kier molecular flexibility index (Phi) is 7.73. The molecular formula is C34H36ClF2N5O5. The second kappa shape index (κ2) is 11.5. The van der Waals surface area contributed by atoms with Gasteiger partial charge in [-0.25, -0.2) is 23.4 Å². The Morgan fingerprint density at radius 3 is 2.57 bits per heavy atom. The molecule has 248 valence electrons. The van der Waals surface area contributed by atoms with E-state index in [2.05, 4.69) is 15.8 Å². The number of aromatic hydroxyl groups is 1. The summed E-state index contributed by atoms with van der Waals surface area (Å²) in [6.45, 7) is 10.4. The third-order valence-electron chi connectivity index (χ3n) is 9.29. The molecule has 1 aromatic heterocycles. The normalized spacial score (nSPS) is 22.6. The highest BCUT2D eigenvalue weighted by Gasteiger charge is 2.49. The zero-order valence-corrected chi connectivity index (χ0v) is 27.4. The molecule has 0 saturated carbocycles. The van der Waals surface area contributed by atoms with Gasteiger partial charge in [0.15, 0.2) is 5.82 Å². The molecule has 0 bridgehead atoms. The smallest absolute Gasteiger partial charge is 0.410 e. The second-order valence-electron chi connectivity index (χ2n) is 13.7. The van der Waals surface area contributed by atoms with Gasteiger partial charge in [-0.05, 0) is 71.8 Å². The van der Waals surface area contributed by atoms with Crippen molar-refractivity contribution in [1.82, 2.24) is 14.8 Å². The number of phenols is 1. The lowest BCUT2D eigenvalue weighted by Crippen LogP contribution is -2.64. The number of hydrogen-bond donors (Lipinski definition) is 1. The van der Waals surface area contributed by atoms with E-state index in [4.69, 9.17) is 21.1 Å². The highest BCUT2D eigenvalue weighted by molar-refractivity contribution is 6.34. The Bertz CT molecular complexity index is 1820. The van der Waals surface area contributed by atoms with Gasteiger partial charge in [0.1, 0.15) is 46.1 Å². The number of amides is 1. The topological polar surface area (TPSA) is 98.7 Å². The number of carbonyl (C=O) groups is 1. The van der Waals surface area contributed by atoms with Gasteiger partial charge < -0.3 is 29.3 Å². The van der Waals surface area contributed by atoms with Gasteiger partial charge in [0.2, 0.25) is 5.88 Å². The van der Waals surface area contributed by atoms with E-state index < -0.39 is 41.2 Å². The number of fused-ring (bicyclic) bond motifs is 4. The van der Waals surface area contributed by atoms with Crippen molar-refractivity contribution in [2.24, 2.45) is 0 Å². The highest BCUT2D eigenvalue weighted by atomic mass is 35.5. The largest absolute Gasteiger partial charge is 0.507 e. The summed E-state index contributed by atoms with van der Waals surface area (Å²) in [5, 5.41) is 10.7. The fourth-order valence-electron chi connectivity index (χ4n) is 7.28. The summed E-state index contributed by atoms with van der Waals surface area (Å²) < 4.78 is 43.9. The molecule has 3 aromatic rings. The Labute approximate surface area is 276 Å². The van der Waals surface area contributed by atoms with Crippen LogP contribution in [0.4, 0.5) is 25.0 Å². The number of ether oxygens (including phenoxy) is 2. The molecular weight excluding hydrogens is 632 g/mol. The molecule has 0 unspecified atom stereocenters. The van der Waals surface area contributed by atoms with E-state index in [9.17, 15) is 14.7 Å². The molecule has 3 atom stereocenters. The number of likely N-dealkylation sites (tertiary alicyclic amines) is 1. The molecule has 10 nitrogen and oxygen atoms in total. The third kappa shape index (κ3) is 5.32. The van der Waals surface area contributed by atoms with Gasteiger partial charge >= 0.3 is 6.09 Å². The minimum absolute atomic E-state index is 0.116. The fraction of sp³-hybridized carbons (Fsp3) is 0.471. The number of carbonyl (C=O) groups excluding carboxylic acids is 2. The predicted molar refractivity (Wildman–Crippen MR) is 174 cm³/mol. The van der Waals surface area contributed by atoms with Crippen molar-refractivity contribution in [3.63, 3.8) is 0 Å². The number of phenolic OH excluding ortho intramolecular Hbond substituents is 1. The van der Waals surface area contributed by atoms with Crippen LogP contribution in [0.5, 0.6) is 11.6 Å². The lowest BCUT2D eigenvalue weighted by Gasteiger charge is -2.53. The lowest BCUT2D eigenvalue weighted by molar-refractivity contribution is 0.0133. The van der Waals surface area contributed by atoms with E-state index in [-0.39, 0.29) is 46.7 Å². The van der Waals surface area contributed by atoms with Crippen molar-refractivity contribution in [2.45, 2.75) is 64.3 Å². The van der Waals surface area contributed by atoms with Gasteiger partial charge in [-0.2, -0.15) is 0 Å². The summed E-state index contributed by atoms with van der Waals surface area (Å²) in [5.74, 6) is 0.0603. The number of hydrogen-bond acceptors (Lipinski definition) is 9. The van der Waals surface area contributed by atoms with Gasteiger partial charge in [0, 0.05) is 30.1 Å². The van der Waals surface area contributed by atoms with Crippen molar-refractivity contribution in [3.05, 3.63) is 46.6 Å². The molecule has 1 amide bonds. The first-order valence-corrected chi connectivity index (χ1v) is 16.3. The van der Waals surface area contributed by atoms with Crippen LogP contribution in [0.15, 0.2) is 30.0 Å². The van der Waals surface area contributed by atoms with E-state index in [0.29, 0.717) is 35.5 Å². The number of nitrogens with zero attached hydrogens (tertiary/aromatic N) is 5. The number of halogens is 3. The Morgan fingerprint density at radius 1 is 1.15 bits per heavy atom. The third-order valence-corrected chi connectivity index (χ3v) is 9.59. The van der Waals surface area contributed by atoms with Crippen LogP contribution in [0.3, 0.4) is 0 Å². The minimum Gasteiger partial charge on any atom is -0.507 e. The zero-order valence-electron chi connectivity index (χ0n) is 26.6. The molecule has 0 radical (unpaired) electrons. The van der Waals surface area contributed by atoms with Gasteiger partial charge in [-0.3, -0.25) is 4.90 Å². The van der Waals surface area contributed by atoms with Crippen LogP contribution in [0, 0.1) is 11.6 Å². The first-order valence-electron chi connectivity index (χ1n) is 15.9. The van der Waals surface area contributed by atoms with Crippen LogP contribution in [-0.4, -0.2) is 95.0 Å². The van der Waals surface area contributed by atoms with Crippen molar-refractivity contribution in [2.75, 3.05) is 49.1 Å². The lowest BCUT2D eigenvalue weighted by atomic mass is 9.94. The molecule has 0 spiro atoms. The molecule has 2 fully saturated rings. The first kappa shape index (κ1) is 31.5. The van der Waals surface area contributed by atoms with Crippen LogP contribution < -0.4 is 14.5 Å². The van der Waals surface area contributed by atoms with Crippen molar-refractivity contribution in [3.8, 4) is 22.8 Å². The Balaban J connectivity index is 1.43. The van der Waals surface area contributed by atoms with Crippen molar-refractivity contribution in [1.29, 1.82) is 0 Å². The fourth-order valence-corrected chi connectivity index (χ4v) is 7.57. The van der Waals surface area contributed by atoms with E-state index in [1.807, 2.05) is 16.7 Å². The molecule has 2 saturated heterocycles. The molecule has 5 heterocycles. The maximum absolute atomic E-state index is 16.7. The molecule has 4 aliphatic rings. The second-order valence-corrected chi connectivity index (χ2v) is 14.1. The standard InChI is InChI=1S/C34H36ClF2N5O5/c1-18-13-41-23(16-40(18)33(45)47-34(2,3)4)24(17-43)42-15-19(14-39-10-5-6-11-39)46-32-31(42)30(41)20-12-21(35)26(28(37)29(20)38-32)27-22(36)8-7-9-25(27)44/h7-9,12,18-19,23,44H,5-6,10-11,13-16H2,1-4H3/t18-,19-,23-/m1/s1. The van der Waals surface area contributed by atoms with Gasteiger partial charge in [-0.1, -0.05) is 17.7 Å². The van der Waals surface area contributed by atoms with E-state index >= 15 is 8.78 Å². The maximum atomic E-state index is 16.7. The van der Waals surface area contributed by atoms with E-state index in [0.717, 1.165) is 32.0 Å². The maximum Gasteiger partial charge on any atom is 0.410 e. The number of piperazine rings is 1. The number of pyridine rings is 1. The number of anilines is 2. The van der Waals surface area contributed by atoms with Crippen molar-refractivity contribution >= 4 is 45.9 Å². The van der Waals surface area contributed by atoms with E-state index in [1.54, 1.807) is 25.7 Å². The van der Waals surface area contributed by atoms with E-state index in [1.165, 1.54) is 18.2 Å². The SMILES string of the molecule is C[C@@H]1CN2c3c4c(nc5c(F)c(-c6c(O)cccc6F)c(Cl)cc35)O[C@H](CN3CCCC3)CN4C(=C=O)[C@H]2CN1C(=O)OC(C)(C)C. The van der Waals surface area contributed by atoms with Gasteiger partial charge in [-0.15, -0.1) is 0 Å². The molecule has 1 N–H and O–H groups in total. The van der Waals surface area contributed by atoms with Gasteiger partial charge in [0.25, 0.3) is 0 Å².